The van der Waals surface area contributed by atoms with Gasteiger partial charge in [-0.2, -0.15) is 0 Å². The van der Waals surface area contributed by atoms with Crippen molar-refractivity contribution in [2.75, 3.05) is 0 Å². The maximum Gasteiger partial charge on any atom is 0.331 e. The fraction of sp³-hybridized carbons (Fsp3) is 0.500. The molecule has 1 aliphatic carbocycles. The maximum atomic E-state index is 11.3. The second-order valence-electron chi connectivity index (χ2n) is 3.10. The number of carbonyl (C=O) groups is 2. The van der Waals surface area contributed by atoms with Gasteiger partial charge in [0, 0.05) is 11.5 Å². The minimum absolute atomic E-state index is 0.141. The molecule has 1 atom stereocenters. The van der Waals surface area contributed by atoms with E-state index in [4.69, 9.17) is 20.8 Å². The van der Waals surface area contributed by atoms with Crippen molar-refractivity contribution in [1.29, 1.82) is 0 Å². The van der Waals surface area contributed by atoms with Crippen LogP contribution >= 0.6 is 0 Å². The molecule has 0 spiro atoms. The Morgan fingerprint density at radius 3 is 2.62 bits per heavy atom. The lowest BCUT2D eigenvalue weighted by Crippen LogP contribution is -2.24. The summed E-state index contributed by atoms with van der Waals surface area (Å²) in [5.74, 6) is -1.75. The molecule has 3 nitrogen and oxygen atoms in total. The Kier molecular flexibility index (Phi) is 2.96. The molecule has 1 rings (SSSR count). The largest absolute Gasteiger partial charge is 0.478 e. The minimum atomic E-state index is -1.04. The molecular weight excluding hydrogens is 166 g/mol. The van der Waals surface area contributed by atoms with Gasteiger partial charge in [-0.05, 0) is 18.9 Å². The molecule has 13 heavy (non-hydrogen) atoms. The first-order chi connectivity index (χ1) is 6.02. The van der Waals surface area contributed by atoms with Crippen molar-refractivity contribution in [3.8, 4) is 0 Å². The summed E-state index contributed by atoms with van der Waals surface area (Å²) in [6.45, 7) is 0. The Balaban J connectivity index is 2.78. The molecule has 0 saturated heterocycles. The van der Waals surface area contributed by atoms with Gasteiger partial charge < -0.3 is 5.11 Å². The van der Waals surface area contributed by atoms with E-state index in [-0.39, 0.29) is 11.4 Å². The lowest BCUT2D eigenvalue weighted by atomic mass is 9.60. The smallest absolute Gasteiger partial charge is 0.331 e. The predicted octanol–water partition coefficient (Wildman–Crippen LogP) is 0.0595. The maximum absolute atomic E-state index is 11.3. The van der Waals surface area contributed by atoms with Crippen LogP contribution in [0.2, 0.25) is 5.72 Å². The Morgan fingerprint density at radius 2 is 2.23 bits per heavy atom. The molecule has 0 heterocycles. The Hall–Kier alpha value is -0.990. The summed E-state index contributed by atoms with van der Waals surface area (Å²) in [5.41, 5.74) is -0.555. The Labute approximate surface area is 79.0 Å². The fourth-order valence-corrected chi connectivity index (χ4v) is 1.35. The van der Waals surface area contributed by atoms with Crippen molar-refractivity contribution in [3.63, 3.8) is 0 Å². The molecule has 1 N–H and O–H groups in total. The van der Waals surface area contributed by atoms with Crippen molar-refractivity contribution in [3.05, 3.63) is 11.6 Å². The highest BCUT2D eigenvalue weighted by atomic mass is 16.4. The average Bonchev–Trinajstić information content (AvgIpc) is 2.03. The van der Waals surface area contributed by atoms with Crippen LogP contribution in [0.5, 0.6) is 0 Å². The van der Waals surface area contributed by atoms with Crippen LogP contribution in [0, 0.1) is 5.92 Å². The highest BCUT2D eigenvalue weighted by molar-refractivity contribution is 6.37. The number of rotatable bonds is 2. The molecular formula is C8H8B2O3. The van der Waals surface area contributed by atoms with E-state index in [0.717, 1.165) is 6.08 Å². The number of hydrogen-bond acceptors (Lipinski definition) is 2. The SMILES string of the molecule is [B]C([B])C1CCC(C(=O)O)=CC1=O. The molecule has 1 aliphatic rings. The van der Waals surface area contributed by atoms with Crippen LogP contribution in [0.25, 0.3) is 0 Å². The minimum Gasteiger partial charge on any atom is -0.478 e. The van der Waals surface area contributed by atoms with E-state index in [2.05, 4.69) is 0 Å². The van der Waals surface area contributed by atoms with Gasteiger partial charge in [0.25, 0.3) is 0 Å². The number of allylic oxidation sites excluding steroid dienone is 1. The predicted molar refractivity (Wildman–Crippen MR) is 48.7 cm³/mol. The van der Waals surface area contributed by atoms with Crippen molar-refractivity contribution in [2.45, 2.75) is 18.6 Å². The lowest BCUT2D eigenvalue weighted by molar-refractivity contribution is -0.133. The zero-order valence-corrected chi connectivity index (χ0v) is 7.06. The van der Waals surface area contributed by atoms with Crippen molar-refractivity contribution >= 4 is 27.4 Å². The van der Waals surface area contributed by atoms with E-state index in [1.165, 1.54) is 0 Å². The molecule has 0 saturated carbocycles. The van der Waals surface area contributed by atoms with Crippen LogP contribution in [0.15, 0.2) is 11.6 Å². The first kappa shape index (κ1) is 10.1. The fourth-order valence-electron chi connectivity index (χ4n) is 1.35. The third-order valence-corrected chi connectivity index (χ3v) is 2.15. The van der Waals surface area contributed by atoms with Gasteiger partial charge in [-0.1, -0.05) is 5.72 Å². The average molecular weight is 174 g/mol. The number of carboxylic acids is 1. The highest BCUT2D eigenvalue weighted by Crippen LogP contribution is 2.26. The summed E-state index contributed by atoms with van der Waals surface area (Å²) in [4.78, 5) is 21.7. The van der Waals surface area contributed by atoms with Gasteiger partial charge >= 0.3 is 5.97 Å². The number of hydrogen-bond donors (Lipinski definition) is 1. The first-order valence-electron chi connectivity index (χ1n) is 4.01. The second kappa shape index (κ2) is 3.81. The summed E-state index contributed by atoms with van der Waals surface area (Å²) in [7, 11) is 10.7. The van der Waals surface area contributed by atoms with Crippen LogP contribution in [0.4, 0.5) is 0 Å². The van der Waals surface area contributed by atoms with E-state index < -0.39 is 17.6 Å². The lowest BCUT2D eigenvalue weighted by Gasteiger charge is -2.22. The van der Waals surface area contributed by atoms with Gasteiger partial charge in [0.2, 0.25) is 0 Å². The van der Waals surface area contributed by atoms with Crippen LogP contribution in [-0.4, -0.2) is 32.6 Å². The van der Waals surface area contributed by atoms with Crippen LogP contribution < -0.4 is 0 Å². The summed E-state index contributed by atoms with van der Waals surface area (Å²) in [6.07, 6.45) is 1.91. The molecule has 0 fully saturated rings. The molecule has 0 bridgehead atoms. The van der Waals surface area contributed by atoms with E-state index in [1.54, 1.807) is 0 Å². The van der Waals surface area contributed by atoms with Gasteiger partial charge in [-0.3, -0.25) is 4.79 Å². The van der Waals surface area contributed by atoms with Gasteiger partial charge in [0.05, 0.1) is 15.7 Å². The second-order valence-corrected chi connectivity index (χ2v) is 3.10. The molecule has 4 radical (unpaired) electrons. The summed E-state index contributed by atoms with van der Waals surface area (Å²) < 4.78 is 0. The Morgan fingerprint density at radius 1 is 1.62 bits per heavy atom. The molecule has 0 aromatic carbocycles. The third-order valence-electron chi connectivity index (χ3n) is 2.15. The number of aliphatic carboxylic acids is 1. The zero-order chi connectivity index (χ0) is 10.0. The van der Waals surface area contributed by atoms with Gasteiger partial charge in [0.1, 0.15) is 0 Å². The quantitative estimate of drug-likeness (QED) is 0.601. The number of ketones is 1. The monoisotopic (exact) mass is 174 g/mol. The molecule has 0 aliphatic heterocycles. The summed E-state index contributed by atoms with van der Waals surface area (Å²) >= 11 is 0. The highest BCUT2D eigenvalue weighted by Gasteiger charge is 2.26. The summed E-state index contributed by atoms with van der Waals surface area (Å²) in [6, 6.07) is 0. The summed E-state index contributed by atoms with van der Waals surface area (Å²) in [5, 5.41) is 8.60. The number of carboxylic acid groups (broad SMARTS) is 1. The van der Waals surface area contributed by atoms with Crippen molar-refractivity contribution in [1.82, 2.24) is 0 Å². The van der Waals surface area contributed by atoms with Gasteiger partial charge in [-0.15, -0.1) is 0 Å². The normalized spacial score (nSPS) is 23.0. The first-order valence-corrected chi connectivity index (χ1v) is 4.01. The van der Waals surface area contributed by atoms with Gasteiger partial charge in [0.15, 0.2) is 5.78 Å². The molecule has 64 valence electrons. The number of carbonyl (C=O) groups excluding carboxylic acids is 1. The van der Waals surface area contributed by atoms with Crippen LogP contribution in [0.1, 0.15) is 12.8 Å². The molecule has 0 amide bonds. The van der Waals surface area contributed by atoms with E-state index in [0.29, 0.717) is 12.8 Å². The van der Waals surface area contributed by atoms with Crippen molar-refractivity contribution < 1.29 is 14.7 Å². The third kappa shape index (κ3) is 2.23. The van der Waals surface area contributed by atoms with Crippen LogP contribution in [0.3, 0.4) is 0 Å². The van der Waals surface area contributed by atoms with Crippen molar-refractivity contribution in [2.24, 2.45) is 5.92 Å². The zero-order valence-electron chi connectivity index (χ0n) is 7.06. The van der Waals surface area contributed by atoms with Gasteiger partial charge in [-0.25, -0.2) is 4.79 Å². The molecule has 1 unspecified atom stereocenters. The molecule has 0 aromatic heterocycles. The van der Waals surface area contributed by atoms with Crippen LogP contribution in [-0.2, 0) is 9.59 Å². The molecule has 0 aromatic rings. The van der Waals surface area contributed by atoms with E-state index in [9.17, 15) is 9.59 Å². The standard InChI is InChI=1S/C8H8B2O3/c9-7(10)5-2-1-4(8(12)13)3-6(5)11/h3,5,7H,1-2H2,(H,12,13). The van der Waals surface area contributed by atoms with E-state index >= 15 is 0 Å². The topological polar surface area (TPSA) is 54.4 Å². The van der Waals surface area contributed by atoms with E-state index in [1.807, 2.05) is 0 Å². The molecule has 5 heteroatoms. The Bertz CT molecular complexity index is 271.